The fourth-order valence-corrected chi connectivity index (χ4v) is 7.82. The van der Waals surface area contributed by atoms with E-state index in [0.29, 0.717) is 0 Å². The molecular weight excluding hydrogens is 352 g/mol. The van der Waals surface area contributed by atoms with E-state index in [2.05, 4.69) is 3.63 Å². The molecule has 130 valence electrons. The smallest absolute Gasteiger partial charge is 0.262 e. The molecule has 3 aromatic rings. The normalized spacial score (nSPS) is 12.7. The predicted molar refractivity (Wildman–Crippen MR) is 104 cm³/mol. The fourth-order valence-electron chi connectivity index (χ4n) is 2.71. The lowest BCUT2D eigenvalue weighted by Gasteiger charge is -2.34. The highest BCUT2D eigenvalue weighted by Crippen LogP contribution is 2.68. The van der Waals surface area contributed by atoms with Crippen LogP contribution < -0.4 is 0 Å². The fraction of sp³-hybridized carbons (Fsp3) is 0.100. The molecule has 3 aromatic carbocycles. The van der Waals surface area contributed by atoms with Crippen molar-refractivity contribution in [3.8, 4) is 0 Å². The highest BCUT2D eigenvalue weighted by molar-refractivity contribution is 8.32. The van der Waals surface area contributed by atoms with E-state index in [9.17, 15) is 8.42 Å². The van der Waals surface area contributed by atoms with Gasteiger partial charge in [0.1, 0.15) is 6.26 Å². The summed E-state index contributed by atoms with van der Waals surface area (Å²) in [5, 5.41) is 0. The Labute approximate surface area is 150 Å². The first-order chi connectivity index (χ1) is 11.9. The van der Waals surface area contributed by atoms with Crippen LogP contribution in [0.4, 0.5) is 0 Å². The molecular formula is C20H21O3S2+. The van der Waals surface area contributed by atoms with Gasteiger partial charge in [0.2, 0.25) is 0 Å². The Bertz CT molecular complexity index is 896. The van der Waals surface area contributed by atoms with Gasteiger partial charge >= 0.3 is 10.1 Å². The van der Waals surface area contributed by atoms with Crippen LogP contribution in [0.5, 0.6) is 0 Å². The molecule has 0 amide bonds. The first-order valence-electron chi connectivity index (χ1n) is 7.86. The molecule has 0 atom stereocenters. The van der Waals surface area contributed by atoms with Gasteiger partial charge in [-0.3, -0.25) is 3.63 Å². The van der Waals surface area contributed by atoms with E-state index in [4.69, 9.17) is 0 Å². The van der Waals surface area contributed by atoms with Crippen molar-refractivity contribution in [1.29, 1.82) is 0 Å². The first kappa shape index (κ1) is 17.7. The van der Waals surface area contributed by atoms with Crippen LogP contribution in [0.1, 0.15) is 5.56 Å². The maximum absolute atomic E-state index is 12.3. The predicted octanol–water partition coefficient (Wildman–Crippen LogP) is 5.25. The molecule has 25 heavy (non-hydrogen) atoms. The molecule has 3 rings (SSSR count). The van der Waals surface area contributed by atoms with Gasteiger partial charge in [-0.15, -0.1) is 0 Å². The second-order valence-electron chi connectivity index (χ2n) is 5.83. The van der Waals surface area contributed by atoms with Crippen LogP contribution in [0.2, 0.25) is 0 Å². The second-order valence-corrected chi connectivity index (χ2v) is 10.5. The van der Waals surface area contributed by atoms with E-state index in [-0.39, 0.29) is 0 Å². The summed E-state index contributed by atoms with van der Waals surface area (Å²) in [6, 6.07) is 27.3. The molecule has 5 heteroatoms. The summed E-state index contributed by atoms with van der Waals surface area (Å²) in [6.07, 6.45) is 1.16. The second kappa shape index (κ2) is 7.04. The number of benzene rings is 3. The quantitative estimate of drug-likeness (QED) is 0.453. The molecule has 3 nitrogen and oxygen atoms in total. The topological polar surface area (TPSA) is 46.9 Å². The van der Waals surface area contributed by atoms with Crippen molar-refractivity contribution in [1.82, 2.24) is 0 Å². The van der Waals surface area contributed by atoms with Crippen molar-refractivity contribution in [2.75, 3.05) is 6.26 Å². The molecule has 0 fully saturated rings. The van der Waals surface area contributed by atoms with Crippen LogP contribution in [0.25, 0.3) is 0 Å². The summed E-state index contributed by atoms with van der Waals surface area (Å²) >= 11 is 0. The van der Waals surface area contributed by atoms with Gasteiger partial charge in [0.05, 0.1) is 25.0 Å². The molecule has 0 radical (unpaired) electrons. The third-order valence-corrected chi connectivity index (χ3v) is 8.62. The molecule has 1 N–H and O–H groups in total. The molecule has 0 unspecified atom stereocenters. The van der Waals surface area contributed by atoms with E-state index in [1.54, 1.807) is 0 Å². The Morgan fingerprint density at radius 1 is 0.640 bits per heavy atom. The van der Waals surface area contributed by atoms with E-state index < -0.39 is 20.4 Å². The first-order valence-corrected chi connectivity index (χ1v) is 11.3. The molecule has 0 bridgehead atoms. The van der Waals surface area contributed by atoms with Crippen molar-refractivity contribution >= 4 is 20.4 Å². The zero-order valence-corrected chi connectivity index (χ0v) is 15.8. The Hall–Kier alpha value is -2.08. The van der Waals surface area contributed by atoms with E-state index in [1.807, 2.05) is 91.9 Å². The standard InChI is InChI=1S/C20H20O3S2/c1-17-13-15-20(16-14-17)25(23-24(2,21)22,18-9-5-3-6-10-18)19-11-7-4-8-12-19/h3-16H,1-2H3/p+1. The SMILES string of the molecule is Cc1ccc(S([OH+]S(C)(=O)=O)(c2ccccc2)c2ccccc2)cc1. The van der Waals surface area contributed by atoms with E-state index >= 15 is 0 Å². The van der Waals surface area contributed by atoms with Gasteiger partial charge in [-0.05, 0) is 43.3 Å². The van der Waals surface area contributed by atoms with Crippen molar-refractivity contribution in [3.05, 3.63) is 90.5 Å². The molecule has 0 spiro atoms. The summed E-state index contributed by atoms with van der Waals surface area (Å²) in [5.41, 5.74) is 1.12. The average Bonchev–Trinajstić information content (AvgIpc) is 2.61. The zero-order chi connectivity index (χ0) is 17.9. The van der Waals surface area contributed by atoms with Gasteiger partial charge in [-0.2, -0.15) is 8.42 Å². The van der Waals surface area contributed by atoms with Crippen LogP contribution in [0, 0.1) is 6.92 Å². The summed E-state index contributed by atoms with van der Waals surface area (Å²) in [5.74, 6) is 0. The number of aryl methyl sites for hydroxylation is 1. The van der Waals surface area contributed by atoms with Crippen molar-refractivity contribution in [2.24, 2.45) is 0 Å². The van der Waals surface area contributed by atoms with E-state index in [1.165, 1.54) is 0 Å². The van der Waals surface area contributed by atoms with E-state index in [0.717, 1.165) is 26.5 Å². The van der Waals surface area contributed by atoms with Gasteiger partial charge in [-0.1, -0.05) is 54.1 Å². The molecule has 0 saturated heterocycles. The van der Waals surface area contributed by atoms with Gasteiger partial charge in [0.15, 0.2) is 0 Å². The Morgan fingerprint density at radius 2 is 1.04 bits per heavy atom. The van der Waals surface area contributed by atoms with Crippen molar-refractivity contribution < 1.29 is 12.0 Å². The summed E-state index contributed by atoms with van der Waals surface area (Å²) < 4.78 is 29.0. The lowest BCUT2D eigenvalue weighted by atomic mass is 10.2. The Morgan fingerprint density at radius 3 is 1.44 bits per heavy atom. The monoisotopic (exact) mass is 373 g/mol. The van der Waals surface area contributed by atoms with Crippen LogP contribution in [-0.4, -0.2) is 18.3 Å². The molecule has 0 aliphatic carbocycles. The van der Waals surface area contributed by atoms with Crippen molar-refractivity contribution in [2.45, 2.75) is 21.6 Å². The van der Waals surface area contributed by atoms with Gasteiger partial charge in [0, 0.05) is 0 Å². The number of hydrogen-bond donors (Lipinski definition) is 0. The third kappa shape index (κ3) is 3.79. The maximum Gasteiger partial charge on any atom is 0.387 e. The number of hydrogen-bond acceptors (Lipinski definition) is 2. The highest BCUT2D eigenvalue weighted by Gasteiger charge is 2.41. The summed E-state index contributed by atoms with van der Waals surface area (Å²) in [7, 11) is -5.84. The van der Waals surface area contributed by atoms with Crippen molar-refractivity contribution in [3.63, 3.8) is 0 Å². The Balaban J connectivity index is 2.37. The molecule has 0 aromatic heterocycles. The van der Waals surface area contributed by atoms with Crippen LogP contribution >= 0.6 is 10.3 Å². The van der Waals surface area contributed by atoms with Gasteiger partial charge in [-0.25, -0.2) is 0 Å². The van der Waals surface area contributed by atoms with Gasteiger partial charge in [0.25, 0.3) is 0 Å². The minimum absolute atomic E-state index is 0.899. The minimum Gasteiger partial charge on any atom is -0.262 e. The molecule has 0 saturated carbocycles. The Kier molecular flexibility index (Phi) is 4.99. The van der Waals surface area contributed by atoms with Gasteiger partial charge < -0.3 is 0 Å². The third-order valence-electron chi connectivity index (χ3n) is 3.78. The maximum atomic E-state index is 12.3. The summed E-state index contributed by atoms with van der Waals surface area (Å²) in [4.78, 5) is 2.70. The molecule has 0 heterocycles. The lowest BCUT2D eigenvalue weighted by Crippen LogP contribution is -2.17. The van der Waals surface area contributed by atoms with Crippen LogP contribution in [0.3, 0.4) is 0 Å². The highest BCUT2D eigenvalue weighted by atomic mass is 32.3. The largest absolute Gasteiger partial charge is 0.387 e. The van der Waals surface area contributed by atoms with Crippen LogP contribution in [0.15, 0.2) is 99.6 Å². The summed E-state index contributed by atoms with van der Waals surface area (Å²) in [6.45, 7) is 2.01. The van der Waals surface area contributed by atoms with Crippen LogP contribution in [-0.2, 0) is 10.1 Å². The molecule has 0 aliphatic rings. The molecule has 0 aliphatic heterocycles. The average molecular weight is 374 g/mol. The minimum atomic E-state index is -3.57. The lowest BCUT2D eigenvalue weighted by molar-refractivity contribution is 0.393. The number of rotatable bonds is 5. The zero-order valence-electron chi connectivity index (χ0n) is 14.2.